The van der Waals surface area contributed by atoms with Crippen LogP contribution < -0.4 is 5.32 Å². The average Bonchev–Trinajstić information content (AvgIpc) is 3.59. The highest BCUT2D eigenvalue weighted by Crippen LogP contribution is 2.19. The van der Waals surface area contributed by atoms with Gasteiger partial charge in [0.25, 0.3) is 0 Å². The van der Waals surface area contributed by atoms with Gasteiger partial charge in [0, 0.05) is 11.8 Å². The largest absolute Gasteiger partial charge is 0.256 e. The first-order chi connectivity index (χ1) is 25.4. The second kappa shape index (κ2) is 41.5. The van der Waals surface area contributed by atoms with E-state index in [1.165, 1.54) is 262 Å². The molecular formula is C50H92N. The Morgan fingerprint density at radius 2 is 0.588 bits per heavy atom. The Balaban J connectivity index is 1.84. The van der Waals surface area contributed by atoms with E-state index in [0.717, 1.165) is 5.70 Å². The molecule has 0 saturated heterocycles. The van der Waals surface area contributed by atoms with Gasteiger partial charge in [0.2, 0.25) is 0 Å². The number of allylic oxidation sites excluding steroid dienone is 6. The third-order valence-corrected chi connectivity index (χ3v) is 11.3. The summed E-state index contributed by atoms with van der Waals surface area (Å²) >= 11 is 0. The van der Waals surface area contributed by atoms with E-state index in [9.17, 15) is 0 Å². The normalized spacial score (nSPS) is 13.1. The van der Waals surface area contributed by atoms with Crippen LogP contribution in [0, 0.1) is 0 Å². The molecule has 1 nitrogen and oxygen atoms in total. The third-order valence-electron chi connectivity index (χ3n) is 11.3. The molecule has 0 bridgehead atoms. The predicted octanol–water partition coefficient (Wildman–Crippen LogP) is 18.1. The monoisotopic (exact) mass is 707 g/mol. The highest BCUT2D eigenvalue weighted by atomic mass is 14.9. The second-order valence-electron chi connectivity index (χ2n) is 16.4. The lowest BCUT2D eigenvalue weighted by molar-refractivity contribution is 0.523. The van der Waals surface area contributed by atoms with Crippen molar-refractivity contribution in [3.63, 3.8) is 0 Å². The minimum absolute atomic E-state index is 1.15. The highest BCUT2D eigenvalue weighted by Gasteiger charge is 2.04. The van der Waals surface area contributed by atoms with Crippen molar-refractivity contribution in [3.05, 3.63) is 47.9 Å². The molecule has 0 aromatic heterocycles. The standard InChI is InChI=1S/C50H92N/c1-3-5-7-9-11-13-15-17-19-21-23-25-27-29-31-33-35-37-39-41-43-45-49-47-48-51-50(49)46-44-42-40-38-36-34-32-30-28-26-24-22-20-18-16-14-12-10-8-6-4-2/h43-48H,3-42H2,1-2H3. The van der Waals surface area contributed by atoms with Crippen molar-refractivity contribution in [2.75, 3.05) is 0 Å². The van der Waals surface area contributed by atoms with E-state index in [1.54, 1.807) is 0 Å². The molecule has 1 heterocycles. The van der Waals surface area contributed by atoms with Gasteiger partial charge in [-0.2, -0.15) is 0 Å². The predicted molar refractivity (Wildman–Crippen MR) is 233 cm³/mol. The number of unbranched alkanes of at least 4 members (excludes halogenated alkanes) is 38. The van der Waals surface area contributed by atoms with Crippen LogP contribution in [-0.2, 0) is 0 Å². The highest BCUT2D eigenvalue weighted by molar-refractivity contribution is 5.44. The van der Waals surface area contributed by atoms with Crippen molar-refractivity contribution >= 4 is 0 Å². The number of rotatable bonds is 42. The Kier molecular flexibility index (Phi) is 38.9. The number of hydrogen-bond donors (Lipinski definition) is 0. The molecule has 0 saturated carbocycles. The quantitative estimate of drug-likeness (QED) is 0.0561. The number of nitrogens with zero attached hydrogens (tertiary/aromatic N) is 1. The zero-order valence-corrected chi connectivity index (χ0v) is 35.2. The minimum atomic E-state index is 1.15. The van der Waals surface area contributed by atoms with Crippen molar-refractivity contribution in [2.24, 2.45) is 0 Å². The van der Waals surface area contributed by atoms with Gasteiger partial charge in [-0.15, -0.1) is 0 Å². The average molecular weight is 707 g/mol. The maximum absolute atomic E-state index is 4.61. The van der Waals surface area contributed by atoms with Crippen molar-refractivity contribution in [2.45, 2.75) is 271 Å². The molecular weight excluding hydrogens is 615 g/mol. The Hall–Kier alpha value is -1.24. The molecule has 0 N–H and O–H groups in total. The van der Waals surface area contributed by atoms with Crippen LogP contribution in [0.2, 0.25) is 0 Å². The van der Waals surface area contributed by atoms with Gasteiger partial charge < -0.3 is 0 Å². The van der Waals surface area contributed by atoms with Gasteiger partial charge in [0.15, 0.2) is 0 Å². The summed E-state index contributed by atoms with van der Waals surface area (Å²) in [5.74, 6) is 0. The lowest BCUT2D eigenvalue weighted by Gasteiger charge is -2.04. The third kappa shape index (κ3) is 35.6. The molecule has 0 aliphatic carbocycles. The van der Waals surface area contributed by atoms with Crippen LogP contribution in [0.4, 0.5) is 0 Å². The fraction of sp³-hybridized carbons (Fsp3) is 0.840. The minimum Gasteiger partial charge on any atom is -0.256 e. The second-order valence-corrected chi connectivity index (χ2v) is 16.4. The van der Waals surface area contributed by atoms with Crippen LogP contribution in [-0.4, -0.2) is 0 Å². The van der Waals surface area contributed by atoms with Crippen molar-refractivity contribution in [1.82, 2.24) is 5.32 Å². The van der Waals surface area contributed by atoms with E-state index in [2.05, 4.69) is 49.5 Å². The Morgan fingerprint density at radius 3 is 0.882 bits per heavy atom. The van der Waals surface area contributed by atoms with E-state index in [1.807, 2.05) is 6.20 Å². The summed E-state index contributed by atoms with van der Waals surface area (Å²) in [6, 6.07) is 0. The zero-order chi connectivity index (χ0) is 36.4. The van der Waals surface area contributed by atoms with E-state index in [4.69, 9.17) is 0 Å². The van der Waals surface area contributed by atoms with Gasteiger partial charge in [0.05, 0.1) is 5.70 Å². The molecule has 297 valence electrons. The molecule has 0 spiro atoms. The van der Waals surface area contributed by atoms with Crippen LogP contribution >= 0.6 is 0 Å². The molecule has 1 rings (SSSR count). The van der Waals surface area contributed by atoms with Crippen molar-refractivity contribution < 1.29 is 0 Å². The molecule has 0 fully saturated rings. The lowest BCUT2D eigenvalue weighted by Crippen LogP contribution is -1.89. The van der Waals surface area contributed by atoms with Crippen molar-refractivity contribution in [3.8, 4) is 0 Å². The lowest BCUT2D eigenvalue weighted by atomic mass is 10.0. The zero-order valence-electron chi connectivity index (χ0n) is 35.2. The molecule has 1 heteroatoms. The van der Waals surface area contributed by atoms with Gasteiger partial charge in [-0.3, -0.25) is 5.32 Å². The molecule has 1 aliphatic heterocycles. The van der Waals surface area contributed by atoms with Gasteiger partial charge in [-0.25, -0.2) is 0 Å². The summed E-state index contributed by atoms with van der Waals surface area (Å²) in [6.45, 7) is 4.61. The number of hydrogen-bond acceptors (Lipinski definition) is 0. The smallest absolute Gasteiger partial charge is 0.0699 e. The molecule has 51 heavy (non-hydrogen) atoms. The maximum Gasteiger partial charge on any atom is 0.0699 e. The Bertz CT molecular complexity index is 800. The summed E-state index contributed by atoms with van der Waals surface area (Å²) in [6.07, 6.45) is 70.7. The van der Waals surface area contributed by atoms with Crippen LogP contribution in [0.3, 0.4) is 0 Å². The summed E-state index contributed by atoms with van der Waals surface area (Å²) in [4.78, 5) is 0. The van der Waals surface area contributed by atoms with E-state index in [0.29, 0.717) is 0 Å². The first kappa shape index (κ1) is 47.8. The maximum atomic E-state index is 4.61. The van der Waals surface area contributed by atoms with E-state index >= 15 is 0 Å². The van der Waals surface area contributed by atoms with Gasteiger partial charge in [0.1, 0.15) is 0 Å². The van der Waals surface area contributed by atoms with Crippen LogP contribution in [0.25, 0.3) is 0 Å². The molecule has 0 aromatic rings. The van der Waals surface area contributed by atoms with Gasteiger partial charge in [-0.1, -0.05) is 263 Å². The molecule has 0 amide bonds. The molecule has 0 unspecified atom stereocenters. The van der Waals surface area contributed by atoms with Gasteiger partial charge in [-0.05, 0) is 37.8 Å². The summed E-state index contributed by atoms with van der Waals surface area (Å²) in [7, 11) is 0. The Morgan fingerprint density at radius 1 is 0.333 bits per heavy atom. The van der Waals surface area contributed by atoms with Crippen LogP contribution in [0.5, 0.6) is 0 Å². The first-order valence-electron chi connectivity index (χ1n) is 23.8. The Labute approximate surface area is 322 Å². The van der Waals surface area contributed by atoms with E-state index in [-0.39, 0.29) is 0 Å². The fourth-order valence-electron chi connectivity index (χ4n) is 7.72. The topological polar surface area (TPSA) is 14.1 Å². The summed E-state index contributed by atoms with van der Waals surface area (Å²) in [5.41, 5.74) is 2.44. The first-order valence-corrected chi connectivity index (χ1v) is 23.8. The molecule has 0 atom stereocenters. The van der Waals surface area contributed by atoms with Crippen molar-refractivity contribution in [1.29, 1.82) is 0 Å². The van der Waals surface area contributed by atoms with Gasteiger partial charge >= 0.3 is 0 Å². The fourth-order valence-corrected chi connectivity index (χ4v) is 7.72. The van der Waals surface area contributed by atoms with Crippen LogP contribution in [0.1, 0.15) is 271 Å². The van der Waals surface area contributed by atoms with Crippen LogP contribution in [0.15, 0.2) is 47.9 Å². The molecule has 1 radical (unpaired) electrons. The molecule has 1 aliphatic rings. The SMILES string of the molecule is CCCCCCCCCCCCCCCCCCCCCC=CC1=C(C=CCCCCCCCCCCCCCCCCCCCCC)[N]C=C1. The summed E-state index contributed by atoms with van der Waals surface area (Å²) in [5, 5.41) is 4.61. The molecule has 0 aromatic carbocycles. The summed E-state index contributed by atoms with van der Waals surface area (Å²) < 4.78 is 0. The van der Waals surface area contributed by atoms with E-state index < -0.39 is 0 Å².